The molecule has 1 aromatic rings. The van der Waals surface area contributed by atoms with Gasteiger partial charge in [-0.3, -0.25) is 4.79 Å². The Labute approximate surface area is 203 Å². The van der Waals surface area contributed by atoms with Gasteiger partial charge in [-0.05, 0) is 72.4 Å². The normalized spacial score (nSPS) is 31.7. The van der Waals surface area contributed by atoms with Crippen LogP contribution >= 0.6 is 0 Å². The highest BCUT2D eigenvalue weighted by Crippen LogP contribution is 2.59. The first-order valence-electron chi connectivity index (χ1n) is 12.4. The van der Waals surface area contributed by atoms with Crippen molar-refractivity contribution < 1.29 is 28.5 Å². The molecule has 1 spiro atoms. The van der Waals surface area contributed by atoms with Crippen LogP contribution in [0.5, 0.6) is 11.5 Å². The van der Waals surface area contributed by atoms with E-state index in [1.54, 1.807) is 7.11 Å². The molecule has 1 aromatic carbocycles. The average molecular weight is 474 g/mol. The second-order valence-corrected chi connectivity index (χ2v) is 10.5. The summed E-state index contributed by atoms with van der Waals surface area (Å²) in [7, 11) is 1.61. The number of anilines is 1. The highest BCUT2D eigenvalue weighted by Gasteiger charge is 2.68. The number of hydrogen-bond donors (Lipinski definition) is 1. The number of methoxy groups -OCH3 is 1. The van der Waals surface area contributed by atoms with Crippen molar-refractivity contribution in [3.05, 3.63) is 29.8 Å². The molecule has 3 fully saturated rings. The Bertz CT molecular complexity index is 920. The molecule has 2 saturated heterocycles. The third-order valence-electron chi connectivity index (χ3n) is 7.21. The Morgan fingerprint density at radius 1 is 1.29 bits per heavy atom. The minimum atomic E-state index is -0.262. The fraction of sp³-hybridized carbons (Fsp3) is 0.667. The summed E-state index contributed by atoms with van der Waals surface area (Å²) in [6, 6.07) is 5.53. The Kier molecular flexibility index (Phi) is 7.15. The van der Waals surface area contributed by atoms with E-state index in [4.69, 9.17) is 23.7 Å². The fourth-order valence-corrected chi connectivity index (χ4v) is 5.22. The number of epoxide rings is 2. The van der Waals surface area contributed by atoms with E-state index < -0.39 is 0 Å². The maximum atomic E-state index is 12.7. The van der Waals surface area contributed by atoms with Gasteiger partial charge in [0.25, 0.3) is 0 Å². The zero-order chi connectivity index (χ0) is 24.5. The summed E-state index contributed by atoms with van der Waals surface area (Å²) < 4.78 is 29.2. The Morgan fingerprint density at radius 2 is 2.06 bits per heavy atom. The van der Waals surface area contributed by atoms with Crippen LogP contribution in [-0.4, -0.2) is 55.7 Å². The van der Waals surface area contributed by atoms with Gasteiger partial charge in [-0.15, -0.1) is 0 Å². The molecule has 1 unspecified atom stereocenters. The predicted octanol–water partition coefficient (Wildman–Crippen LogP) is 4.89. The molecule has 0 amide bonds. The zero-order valence-electron chi connectivity index (χ0n) is 21.3. The van der Waals surface area contributed by atoms with Crippen LogP contribution in [0.3, 0.4) is 0 Å². The van der Waals surface area contributed by atoms with Crippen LogP contribution in [0.25, 0.3) is 0 Å². The van der Waals surface area contributed by atoms with Gasteiger partial charge in [0.05, 0.1) is 37.1 Å². The molecule has 0 aromatic heterocycles. The molecular formula is C27H39NO6. The van der Waals surface area contributed by atoms with Crippen molar-refractivity contribution in [2.45, 2.75) is 89.8 Å². The van der Waals surface area contributed by atoms with Crippen molar-refractivity contribution >= 4 is 11.7 Å². The molecule has 5 atom stereocenters. The molecule has 188 valence electrons. The van der Waals surface area contributed by atoms with Crippen molar-refractivity contribution in [3.63, 3.8) is 0 Å². The molecule has 34 heavy (non-hydrogen) atoms. The van der Waals surface area contributed by atoms with Gasteiger partial charge in [0.15, 0.2) is 11.5 Å². The van der Waals surface area contributed by atoms with Crippen LogP contribution in [0.2, 0.25) is 0 Å². The largest absolute Gasteiger partial charge is 0.493 e. The molecule has 7 nitrogen and oxygen atoms in total. The van der Waals surface area contributed by atoms with Crippen LogP contribution in [0.15, 0.2) is 29.8 Å². The summed E-state index contributed by atoms with van der Waals surface area (Å²) in [5.41, 5.74) is 1.78. The zero-order valence-corrected chi connectivity index (χ0v) is 21.3. The molecule has 1 aliphatic carbocycles. The second-order valence-electron chi connectivity index (χ2n) is 10.5. The van der Waals surface area contributed by atoms with Crippen molar-refractivity contribution in [1.82, 2.24) is 0 Å². The summed E-state index contributed by atoms with van der Waals surface area (Å²) in [4.78, 5) is 12.7. The number of ether oxygens (including phenoxy) is 5. The van der Waals surface area contributed by atoms with Crippen molar-refractivity contribution in [2.75, 3.05) is 25.6 Å². The standard InChI is InChI=1S/C27H39NO6/c1-17(2)7-10-24-26(5,34-24)23-14-20(11-12-27(23)16-31-27)33-25(29)15-28-19-8-9-21(30-6)22(13-19)32-18(3)4/h7-9,13,18,20,23-24,28H,10-12,14-16H2,1-6H3/t20-,23?,24-,26-,27+/m1/s1. The minimum absolute atomic E-state index is 0.0195. The van der Waals surface area contributed by atoms with Gasteiger partial charge in [-0.1, -0.05) is 11.6 Å². The number of nitrogens with one attached hydrogen (secondary N) is 1. The van der Waals surface area contributed by atoms with Crippen molar-refractivity contribution in [2.24, 2.45) is 5.92 Å². The van der Waals surface area contributed by atoms with Crippen LogP contribution in [-0.2, 0) is 19.0 Å². The molecule has 1 saturated carbocycles. The van der Waals surface area contributed by atoms with Gasteiger partial charge >= 0.3 is 5.97 Å². The van der Waals surface area contributed by atoms with Crippen molar-refractivity contribution in [3.8, 4) is 11.5 Å². The lowest BCUT2D eigenvalue weighted by Gasteiger charge is -2.36. The summed E-state index contributed by atoms with van der Waals surface area (Å²) in [6.07, 6.45) is 5.78. The number of carbonyl (C=O) groups excluding carboxylic acids is 1. The third-order valence-corrected chi connectivity index (χ3v) is 7.21. The molecule has 3 aliphatic rings. The van der Waals surface area contributed by atoms with Crippen LogP contribution in [0.4, 0.5) is 5.69 Å². The predicted molar refractivity (Wildman–Crippen MR) is 130 cm³/mol. The van der Waals surface area contributed by atoms with Crippen LogP contribution in [0.1, 0.15) is 60.3 Å². The van der Waals surface area contributed by atoms with E-state index in [0.717, 1.165) is 38.0 Å². The van der Waals surface area contributed by atoms with E-state index in [9.17, 15) is 4.79 Å². The average Bonchev–Trinajstić information content (AvgIpc) is 3.69. The van der Waals surface area contributed by atoms with Crippen LogP contribution < -0.4 is 14.8 Å². The highest BCUT2D eigenvalue weighted by atomic mass is 16.6. The monoisotopic (exact) mass is 473 g/mol. The Morgan fingerprint density at radius 3 is 2.71 bits per heavy atom. The summed E-state index contributed by atoms with van der Waals surface area (Å²) in [6.45, 7) is 11.2. The van der Waals surface area contributed by atoms with Gasteiger partial charge in [0.2, 0.25) is 0 Å². The topological polar surface area (TPSA) is 81.9 Å². The molecule has 0 bridgehead atoms. The molecule has 0 radical (unpaired) electrons. The Balaban J connectivity index is 1.31. The van der Waals surface area contributed by atoms with Gasteiger partial charge in [-0.25, -0.2) is 0 Å². The van der Waals surface area contributed by atoms with E-state index in [2.05, 4.69) is 32.2 Å². The van der Waals surface area contributed by atoms with E-state index >= 15 is 0 Å². The highest BCUT2D eigenvalue weighted by molar-refractivity contribution is 5.75. The quantitative estimate of drug-likeness (QED) is 0.294. The Hall–Kier alpha value is -2.25. The summed E-state index contributed by atoms with van der Waals surface area (Å²) >= 11 is 0. The van der Waals surface area contributed by atoms with Crippen LogP contribution in [0, 0.1) is 5.92 Å². The lowest BCUT2D eigenvalue weighted by molar-refractivity contribution is -0.151. The summed E-state index contributed by atoms with van der Waals surface area (Å²) in [5.74, 6) is 1.28. The maximum absolute atomic E-state index is 12.7. The first kappa shape index (κ1) is 24.9. The third kappa shape index (κ3) is 5.52. The molecule has 7 heteroatoms. The molecule has 4 rings (SSSR count). The molecule has 2 heterocycles. The molecular weight excluding hydrogens is 434 g/mol. The van der Waals surface area contributed by atoms with E-state index in [1.807, 2.05) is 32.0 Å². The van der Waals surface area contributed by atoms with E-state index in [1.165, 1.54) is 5.57 Å². The minimum Gasteiger partial charge on any atom is -0.493 e. The number of benzene rings is 1. The number of carbonyl (C=O) groups is 1. The second kappa shape index (κ2) is 9.78. The lowest BCUT2D eigenvalue weighted by atomic mass is 9.70. The maximum Gasteiger partial charge on any atom is 0.325 e. The number of allylic oxidation sites excluding steroid dienone is 1. The van der Waals surface area contributed by atoms with Gasteiger partial charge in [-0.2, -0.15) is 0 Å². The number of rotatable bonds is 10. The SMILES string of the molecule is COc1ccc(NCC(=O)O[C@@H]2CC[C@]3(CO3)C([C@@]3(C)O[C@@H]3CC=C(C)C)C2)cc1OC(C)C. The van der Waals surface area contributed by atoms with E-state index in [-0.39, 0.29) is 47.9 Å². The van der Waals surface area contributed by atoms with E-state index in [0.29, 0.717) is 11.5 Å². The van der Waals surface area contributed by atoms with Crippen molar-refractivity contribution in [1.29, 1.82) is 0 Å². The lowest BCUT2D eigenvalue weighted by Crippen LogP contribution is -2.45. The summed E-state index contributed by atoms with van der Waals surface area (Å²) in [5, 5.41) is 3.15. The molecule has 1 N–H and O–H groups in total. The first-order valence-corrected chi connectivity index (χ1v) is 12.4. The van der Waals surface area contributed by atoms with Gasteiger partial charge in [0.1, 0.15) is 12.6 Å². The molecule has 2 aliphatic heterocycles. The number of hydrogen-bond acceptors (Lipinski definition) is 7. The number of esters is 1. The fourth-order valence-electron chi connectivity index (χ4n) is 5.22. The van der Waals surface area contributed by atoms with Gasteiger partial charge in [0, 0.05) is 17.7 Å². The first-order chi connectivity index (χ1) is 16.1. The smallest absolute Gasteiger partial charge is 0.325 e. The van der Waals surface area contributed by atoms with Gasteiger partial charge < -0.3 is 29.0 Å².